The van der Waals surface area contributed by atoms with E-state index in [1.54, 1.807) is 0 Å². The van der Waals surface area contributed by atoms with E-state index in [0.717, 1.165) is 32.5 Å². The SMILES string of the molecule is C#CCCN1CCC(C(=O)OC)C1. The summed E-state index contributed by atoms with van der Waals surface area (Å²) in [7, 11) is 1.44. The number of hydrogen-bond acceptors (Lipinski definition) is 3. The molecule has 1 saturated heterocycles. The van der Waals surface area contributed by atoms with E-state index in [4.69, 9.17) is 6.42 Å². The van der Waals surface area contributed by atoms with E-state index in [9.17, 15) is 4.79 Å². The molecule has 1 rings (SSSR count). The van der Waals surface area contributed by atoms with Crippen LogP contribution in [-0.2, 0) is 9.53 Å². The molecule has 1 atom stereocenters. The van der Waals surface area contributed by atoms with Crippen LogP contribution in [0.3, 0.4) is 0 Å². The lowest BCUT2D eigenvalue weighted by Crippen LogP contribution is -2.24. The van der Waals surface area contributed by atoms with Crippen LogP contribution >= 0.6 is 0 Å². The van der Waals surface area contributed by atoms with Crippen LogP contribution in [0.4, 0.5) is 0 Å². The lowest BCUT2D eigenvalue weighted by Gasteiger charge is -2.12. The Kier molecular flexibility index (Phi) is 3.78. The van der Waals surface area contributed by atoms with Gasteiger partial charge in [-0.1, -0.05) is 0 Å². The van der Waals surface area contributed by atoms with Crippen molar-refractivity contribution < 1.29 is 9.53 Å². The Bertz CT molecular complexity index is 219. The summed E-state index contributed by atoms with van der Waals surface area (Å²) >= 11 is 0. The van der Waals surface area contributed by atoms with Gasteiger partial charge in [-0.3, -0.25) is 4.79 Å². The number of nitrogens with zero attached hydrogens (tertiary/aromatic N) is 1. The maximum Gasteiger partial charge on any atom is 0.310 e. The first kappa shape index (κ1) is 10.1. The predicted molar refractivity (Wildman–Crippen MR) is 50.0 cm³/mol. The zero-order valence-corrected chi connectivity index (χ0v) is 7.95. The van der Waals surface area contributed by atoms with Crippen LogP contribution < -0.4 is 0 Å². The zero-order valence-electron chi connectivity index (χ0n) is 7.95. The fourth-order valence-corrected chi connectivity index (χ4v) is 1.62. The van der Waals surface area contributed by atoms with Crippen molar-refractivity contribution in [3.05, 3.63) is 0 Å². The van der Waals surface area contributed by atoms with Gasteiger partial charge >= 0.3 is 5.97 Å². The van der Waals surface area contributed by atoms with Crippen molar-refractivity contribution >= 4 is 5.97 Å². The topological polar surface area (TPSA) is 29.5 Å². The summed E-state index contributed by atoms with van der Waals surface area (Å²) in [6.45, 7) is 2.65. The first-order valence-electron chi connectivity index (χ1n) is 4.51. The van der Waals surface area contributed by atoms with Gasteiger partial charge in [0.25, 0.3) is 0 Å². The van der Waals surface area contributed by atoms with Gasteiger partial charge < -0.3 is 9.64 Å². The van der Waals surface area contributed by atoms with Crippen LogP contribution in [0.5, 0.6) is 0 Å². The van der Waals surface area contributed by atoms with Gasteiger partial charge in [0.15, 0.2) is 0 Å². The summed E-state index contributed by atoms with van der Waals surface area (Å²) in [5, 5.41) is 0. The molecule has 1 heterocycles. The minimum atomic E-state index is -0.0943. The van der Waals surface area contributed by atoms with Gasteiger partial charge in [-0.2, -0.15) is 0 Å². The van der Waals surface area contributed by atoms with Crippen molar-refractivity contribution in [3.63, 3.8) is 0 Å². The maximum absolute atomic E-state index is 11.1. The third-order valence-corrected chi connectivity index (χ3v) is 2.38. The van der Waals surface area contributed by atoms with Gasteiger partial charge in [-0.15, -0.1) is 12.3 Å². The largest absolute Gasteiger partial charge is 0.469 e. The monoisotopic (exact) mass is 181 g/mol. The second kappa shape index (κ2) is 4.88. The van der Waals surface area contributed by atoms with Crippen molar-refractivity contribution in [2.45, 2.75) is 12.8 Å². The van der Waals surface area contributed by atoms with Crippen LogP contribution in [0, 0.1) is 18.3 Å². The predicted octanol–water partition coefficient (Wildman–Crippen LogP) is 0.505. The Balaban J connectivity index is 2.28. The van der Waals surface area contributed by atoms with Crippen LogP contribution in [0.1, 0.15) is 12.8 Å². The molecule has 0 aliphatic carbocycles. The van der Waals surface area contributed by atoms with Crippen molar-refractivity contribution in [3.8, 4) is 12.3 Å². The molecule has 1 aliphatic rings. The molecule has 0 bridgehead atoms. The Morgan fingerprint density at radius 2 is 2.54 bits per heavy atom. The van der Waals surface area contributed by atoms with Crippen LogP contribution in [-0.4, -0.2) is 37.6 Å². The van der Waals surface area contributed by atoms with E-state index in [0.29, 0.717) is 0 Å². The molecule has 1 fully saturated rings. The van der Waals surface area contributed by atoms with E-state index in [1.165, 1.54) is 7.11 Å². The number of carbonyl (C=O) groups excluding carboxylic acids is 1. The Labute approximate surface area is 79.1 Å². The van der Waals surface area contributed by atoms with Crippen molar-refractivity contribution in [1.29, 1.82) is 0 Å². The number of likely N-dealkylation sites (tertiary alicyclic amines) is 1. The van der Waals surface area contributed by atoms with Gasteiger partial charge in [0.05, 0.1) is 13.0 Å². The Morgan fingerprint density at radius 3 is 3.15 bits per heavy atom. The fourth-order valence-electron chi connectivity index (χ4n) is 1.62. The van der Waals surface area contributed by atoms with E-state index in [-0.39, 0.29) is 11.9 Å². The molecule has 0 aromatic rings. The summed E-state index contributed by atoms with van der Waals surface area (Å²) in [6.07, 6.45) is 6.82. The molecule has 72 valence electrons. The summed E-state index contributed by atoms with van der Waals surface area (Å²) in [5.41, 5.74) is 0. The highest BCUT2D eigenvalue weighted by atomic mass is 16.5. The number of esters is 1. The summed E-state index contributed by atoms with van der Waals surface area (Å²) in [5.74, 6) is 2.56. The van der Waals surface area contributed by atoms with E-state index >= 15 is 0 Å². The second-order valence-electron chi connectivity index (χ2n) is 3.26. The van der Waals surface area contributed by atoms with Crippen LogP contribution in [0.15, 0.2) is 0 Å². The first-order valence-corrected chi connectivity index (χ1v) is 4.51. The smallest absolute Gasteiger partial charge is 0.310 e. The maximum atomic E-state index is 11.1. The zero-order chi connectivity index (χ0) is 9.68. The van der Waals surface area contributed by atoms with Crippen molar-refractivity contribution in [2.75, 3.05) is 26.7 Å². The lowest BCUT2D eigenvalue weighted by atomic mass is 10.1. The Morgan fingerprint density at radius 1 is 1.77 bits per heavy atom. The van der Waals surface area contributed by atoms with Gasteiger partial charge in [0.2, 0.25) is 0 Å². The molecule has 0 N–H and O–H groups in total. The average molecular weight is 181 g/mol. The minimum Gasteiger partial charge on any atom is -0.469 e. The minimum absolute atomic E-state index is 0.0581. The summed E-state index contributed by atoms with van der Waals surface area (Å²) < 4.78 is 4.68. The summed E-state index contributed by atoms with van der Waals surface area (Å²) in [6, 6.07) is 0. The molecule has 0 spiro atoms. The summed E-state index contributed by atoms with van der Waals surface area (Å²) in [4.78, 5) is 13.4. The highest BCUT2D eigenvalue weighted by Crippen LogP contribution is 2.17. The molecule has 1 unspecified atom stereocenters. The van der Waals surface area contributed by atoms with Crippen LogP contribution in [0.25, 0.3) is 0 Å². The molecular weight excluding hydrogens is 166 g/mol. The molecule has 3 nitrogen and oxygen atoms in total. The number of hydrogen-bond donors (Lipinski definition) is 0. The van der Waals surface area contributed by atoms with Gasteiger partial charge in [0.1, 0.15) is 0 Å². The molecule has 0 saturated carbocycles. The number of rotatable bonds is 3. The van der Waals surface area contributed by atoms with Crippen molar-refractivity contribution in [2.24, 2.45) is 5.92 Å². The third-order valence-electron chi connectivity index (χ3n) is 2.38. The molecule has 0 aromatic heterocycles. The highest BCUT2D eigenvalue weighted by Gasteiger charge is 2.28. The molecule has 13 heavy (non-hydrogen) atoms. The Hall–Kier alpha value is -1.01. The molecule has 3 heteroatoms. The average Bonchev–Trinajstić information content (AvgIpc) is 2.62. The number of terminal acetylenes is 1. The molecule has 0 aromatic carbocycles. The normalized spacial score (nSPS) is 22.6. The lowest BCUT2D eigenvalue weighted by molar-refractivity contribution is -0.144. The number of ether oxygens (including phenoxy) is 1. The van der Waals surface area contributed by atoms with Gasteiger partial charge in [0, 0.05) is 19.5 Å². The molecule has 1 aliphatic heterocycles. The number of carbonyl (C=O) groups is 1. The van der Waals surface area contributed by atoms with E-state index < -0.39 is 0 Å². The quantitative estimate of drug-likeness (QED) is 0.469. The molecule has 0 radical (unpaired) electrons. The van der Waals surface area contributed by atoms with E-state index in [2.05, 4.69) is 15.6 Å². The first-order chi connectivity index (χ1) is 6.27. The van der Waals surface area contributed by atoms with E-state index in [1.807, 2.05) is 0 Å². The van der Waals surface area contributed by atoms with Gasteiger partial charge in [-0.05, 0) is 13.0 Å². The third kappa shape index (κ3) is 2.74. The van der Waals surface area contributed by atoms with Gasteiger partial charge in [-0.25, -0.2) is 0 Å². The van der Waals surface area contributed by atoms with Crippen molar-refractivity contribution in [1.82, 2.24) is 4.90 Å². The second-order valence-corrected chi connectivity index (χ2v) is 3.26. The molecule has 0 amide bonds. The fraction of sp³-hybridized carbons (Fsp3) is 0.700. The molecular formula is C10H15NO2. The standard InChI is InChI=1S/C10H15NO2/c1-3-4-6-11-7-5-9(8-11)10(12)13-2/h1,9H,4-8H2,2H3. The highest BCUT2D eigenvalue weighted by molar-refractivity contribution is 5.72. The van der Waals surface area contributed by atoms with Crippen LogP contribution in [0.2, 0.25) is 0 Å². The number of methoxy groups -OCH3 is 1.